The summed E-state index contributed by atoms with van der Waals surface area (Å²) < 4.78 is 45.4. The van der Waals surface area contributed by atoms with E-state index < -0.39 is 44.2 Å². The van der Waals surface area contributed by atoms with Crippen LogP contribution < -0.4 is 0 Å². The van der Waals surface area contributed by atoms with E-state index in [0.29, 0.717) is 18.1 Å². The molecule has 0 aromatic heterocycles. The highest BCUT2D eigenvalue weighted by Gasteiger charge is 2.63. The van der Waals surface area contributed by atoms with Crippen molar-refractivity contribution in [1.82, 2.24) is 4.67 Å². The van der Waals surface area contributed by atoms with Crippen LogP contribution in [-0.2, 0) is 27.8 Å². The number of hydrogen-bond acceptors (Lipinski definition) is 6. The van der Waals surface area contributed by atoms with Crippen LogP contribution in [0.15, 0.2) is 24.3 Å². The molecule has 7 nitrogen and oxygen atoms in total. The van der Waals surface area contributed by atoms with Crippen LogP contribution in [0.3, 0.4) is 0 Å². The Morgan fingerprint density at radius 2 is 1.66 bits per heavy atom. The van der Waals surface area contributed by atoms with Crippen molar-refractivity contribution in [3.63, 3.8) is 0 Å². The van der Waals surface area contributed by atoms with Crippen LogP contribution in [0, 0.1) is 0 Å². The van der Waals surface area contributed by atoms with E-state index in [0.717, 1.165) is 5.56 Å². The van der Waals surface area contributed by atoms with Crippen molar-refractivity contribution in [2.45, 2.75) is 50.3 Å². The molecular weight excluding hydrogens is 464 g/mol. The van der Waals surface area contributed by atoms with Gasteiger partial charge in [0.2, 0.25) is 0 Å². The van der Waals surface area contributed by atoms with E-state index in [2.05, 4.69) is 0 Å². The summed E-state index contributed by atoms with van der Waals surface area (Å²) in [5.74, 6) is -0.321. The van der Waals surface area contributed by atoms with Crippen LogP contribution >= 0.6 is 42.5 Å². The molecule has 0 saturated carbocycles. The SMILES string of the molecule is CC1(C)O[C@H]2O[C@H]3[C@H](O[P@@](=O)(N(CCCl)CCCl)O[C@@H]3c3ccc(Cl)cc3)[C@H]2O1. The average Bonchev–Trinajstić information content (AvgIpc) is 3.14. The maximum Gasteiger partial charge on any atom is 0.409 e. The molecule has 3 fully saturated rings. The summed E-state index contributed by atoms with van der Waals surface area (Å²) in [7, 11) is -3.74. The van der Waals surface area contributed by atoms with Crippen molar-refractivity contribution in [2.75, 3.05) is 24.8 Å². The molecule has 0 bridgehead atoms. The zero-order valence-electron chi connectivity index (χ0n) is 16.0. The summed E-state index contributed by atoms with van der Waals surface area (Å²) in [5, 5.41) is 0.587. The van der Waals surface area contributed by atoms with E-state index in [-0.39, 0.29) is 11.8 Å². The molecule has 0 amide bonds. The number of halogens is 3. The number of benzene rings is 1. The normalized spacial score (nSPS) is 38.2. The van der Waals surface area contributed by atoms with Gasteiger partial charge in [-0.2, -0.15) is 0 Å². The van der Waals surface area contributed by atoms with Crippen LogP contribution in [0.1, 0.15) is 25.5 Å². The number of alkyl halides is 2. The Labute approximate surface area is 185 Å². The second-order valence-corrected chi connectivity index (χ2v) is 10.6. The summed E-state index contributed by atoms with van der Waals surface area (Å²) in [5.41, 5.74) is 0.767. The molecule has 3 aliphatic heterocycles. The van der Waals surface area contributed by atoms with Gasteiger partial charge in [0.15, 0.2) is 12.1 Å². The maximum atomic E-state index is 13.8. The molecule has 1 aromatic rings. The molecule has 11 heteroatoms. The molecular formula is C18H23Cl3NO6P. The van der Waals surface area contributed by atoms with Gasteiger partial charge < -0.3 is 14.2 Å². The minimum absolute atomic E-state index is 0.252. The topological polar surface area (TPSA) is 66.5 Å². The van der Waals surface area contributed by atoms with E-state index in [1.165, 1.54) is 0 Å². The Bertz CT molecular complexity index is 775. The van der Waals surface area contributed by atoms with Gasteiger partial charge in [-0.15, -0.1) is 23.2 Å². The predicted octanol–water partition coefficient (Wildman–Crippen LogP) is 4.56. The van der Waals surface area contributed by atoms with Crippen molar-refractivity contribution < 1.29 is 27.8 Å². The standard InChI is InChI=1S/C18H23Cl3NO6P/c1-18(2)25-16-15-14(24-17(16)26-18)13(11-3-5-12(21)6-4-11)27-29(23,28-15)22(9-7-19)10-8-20/h3-6,13-17H,7-10H2,1-2H3/t13-,14-,15+,16-,17-,29-/m1/s1. The van der Waals surface area contributed by atoms with Gasteiger partial charge in [0.25, 0.3) is 0 Å². The smallest absolute Gasteiger partial charge is 0.341 e. The predicted molar refractivity (Wildman–Crippen MR) is 109 cm³/mol. The lowest BCUT2D eigenvalue weighted by molar-refractivity contribution is -0.230. The highest BCUT2D eigenvalue weighted by atomic mass is 35.5. The molecule has 162 valence electrons. The molecule has 6 atom stereocenters. The van der Waals surface area contributed by atoms with Crippen molar-refractivity contribution in [2.24, 2.45) is 0 Å². The third kappa shape index (κ3) is 4.37. The quantitative estimate of drug-likeness (QED) is 0.431. The number of fused-ring (bicyclic) bond motifs is 3. The summed E-state index contributed by atoms with van der Waals surface area (Å²) in [6.07, 6.45) is -3.03. The van der Waals surface area contributed by atoms with Crippen molar-refractivity contribution >= 4 is 42.5 Å². The molecule has 4 rings (SSSR count). The largest absolute Gasteiger partial charge is 0.409 e. The van der Waals surface area contributed by atoms with Gasteiger partial charge in [-0.1, -0.05) is 23.7 Å². The van der Waals surface area contributed by atoms with E-state index in [1.54, 1.807) is 30.7 Å². The zero-order valence-corrected chi connectivity index (χ0v) is 19.2. The van der Waals surface area contributed by atoms with Gasteiger partial charge >= 0.3 is 7.75 Å². The lowest BCUT2D eigenvalue weighted by Gasteiger charge is -2.42. The Morgan fingerprint density at radius 3 is 2.28 bits per heavy atom. The zero-order chi connectivity index (χ0) is 20.8. The van der Waals surface area contributed by atoms with Crippen molar-refractivity contribution in [3.05, 3.63) is 34.9 Å². The average molecular weight is 487 g/mol. The van der Waals surface area contributed by atoms with Crippen LogP contribution in [-0.4, -0.2) is 59.9 Å². The summed E-state index contributed by atoms with van der Waals surface area (Å²) >= 11 is 17.9. The van der Waals surface area contributed by atoms with E-state index in [1.807, 2.05) is 12.1 Å². The fraction of sp³-hybridized carbons (Fsp3) is 0.667. The summed E-state index contributed by atoms with van der Waals surface area (Å²) in [6.45, 7) is 4.20. The van der Waals surface area contributed by atoms with Crippen molar-refractivity contribution in [1.29, 1.82) is 0 Å². The molecule has 3 aliphatic rings. The molecule has 1 aromatic carbocycles. The second-order valence-electron chi connectivity index (χ2n) is 7.52. The van der Waals surface area contributed by atoms with Gasteiger partial charge in [-0.05, 0) is 31.5 Å². The van der Waals surface area contributed by atoms with Gasteiger partial charge in [-0.3, -0.25) is 9.05 Å². The summed E-state index contributed by atoms with van der Waals surface area (Å²) in [6, 6.07) is 7.13. The Kier molecular flexibility index (Phi) is 6.57. The number of rotatable bonds is 6. The molecule has 0 unspecified atom stereocenters. The molecule has 0 radical (unpaired) electrons. The Hall–Kier alpha value is 0.0800. The number of hydrogen-bond donors (Lipinski definition) is 0. The third-order valence-electron chi connectivity index (χ3n) is 5.06. The summed E-state index contributed by atoms with van der Waals surface area (Å²) in [4.78, 5) is 0. The van der Waals surface area contributed by atoms with Crippen LogP contribution in [0.5, 0.6) is 0 Å². The lowest BCUT2D eigenvalue weighted by atomic mass is 9.99. The fourth-order valence-electron chi connectivity index (χ4n) is 3.84. The molecule has 3 heterocycles. The first kappa shape index (κ1) is 22.3. The minimum atomic E-state index is -3.74. The Balaban J connectivity index is 1.69. The second kappa shape index (κ2) is 8.55. The molecule has 3 saturated heterocycles. The molecule has 29 heavy (non-hydrogen) atoms. The fourth-order valence-corrected chi connectivity index (χ4v) is 6.69. The molecule has 0 aliphatic carbocycles. The molecule has 0 spiro atoms. The first-order valence-electron chi connectivity index (χ1n) is 9.37. The van der Waals surface area contributed by atoms with Crippen molar-refractivity contribution in [3.8, 4) is 0 Å². The minimum Gasteiger partial charge on any atom is -0.341 e. The van der Waals surface area contributed by atoms with Gasteiger partial charge in [0.05, 0.1) is 0 Å². The number of ether oxygens (including phenoxy) is 3. The van der Waals surface area contributed by atoms with E-state index in [9.17, 15) is 4.57 Å². The molecule has 0 N–H and O–H groups in total. The number of nitrogens with zero attached hydrogens (tertiary/aromatic N) is 1. The van der Waals surface area contributed by atoms with Gasteiger partial charge in [-0.25, -0.2) is 9.24 Å². The monoisotopic (exact) mass is 485 g/mol. The highest BCUT2D eigenvalue weighted by Crippen LogP contribution is 2.63. The van der Waals surface area contributed by atoms with Gasteiger partial charge in [0, 0.05) is 29.9 Å². The highest BCUT2D eigenvalue weighted by molar-refractivity contribution is 7.51. The first-order valence-corrected chi connectivity index (χ1v) is 12.3. The van der Waals surface area contributed by atoms with Gasteiger partial charge in [0.1, 0.15) is 24.4 Å². The maximum absolute atomic E-state index is 13.8. The Morgan fingerprint density at radius 1 is 1.00 bits per heavy atom. The van der Waals surface area contributed by atoms with Crippen LogP contribution in [0.25, 0.3) is 0 Å². The lowest BCUT2D eigenvalue weighted by Crippen LogP contribution is -2.45. The third-order valence-corrected chi connectivity index (χ3v) is 7.74. The van der Waals surface area contributed by atoms with E-state index in [4.69, 9.17) is 58.1 Å². The van der Waals surface area contributed by atoms with E-state index >= 15 is 0 Å². The van der Waals surface area contributed by atoms with Crippen LogP contribution in [0.4, 0.5) is 0 Å². The van der Waals surface area contributed by atoms with Crippen LogP contribution in [0.2, 0.25) is 5.02 Å². The first-order chi connectivity index (χ1) is 13.8.